The molecule has 0 spiro atoms. The fraction of sp³-hybridized carbons (Fsp3) is 0.304. The van der Waals surface area contributed by atoms with Gasteiger partial charge in [0.25, 0.3) is 0 Å². The van der Waals surface area contributed by atoms with Crippen LogP contribution in [-0.4, -0.2) is 46.8 Å². The molecule has 3 rings (SSSR count). The highest BCUT2D eigenvalue weighted by atomic mass is 32.2. The number of benzene rings is 2. The lowest BCUT2D eigenvalue weighted by Crippen LogP contribution is -2.43. The van der Waals surface area contributed by atoms with Gasteiger partial charge in [-0.1, -0.05) is 29.5 Å². The van der Waals surface area contributed by atoms with E-state index in [-0.39, 0.29) is 18.2 Å². The number of hydrogen-bond donors (Lipinski definition) is 1. The van der Waals surface area contributed by atoms with Crippen LogP contribution in [0.5, 0.6) is 0 Å². The predicted octanol–water partition coefficient (Wildman–Crippen LogP) is 4.07. The fourth-order valence-electron chi connectivity index (χ4n) is 3.06. The van der Waals surface area contributed by atoms with E-state index >= 15 is 0 Å². The van der Waals surface area contributed by atoms with Gasteiger partial charge in [-0.15, -0.1) is 0 Å². The van der Waals surface area contributed by atoms with Crippen LogP contribution < -0.4 is 5.32 Å². The maximum Gasteiger partial charge on any atom is 0.338 e. The predicted molar refractivity (Wildman–Crippen MR) is 123 cm³/mol. The number of nitrogens with zero attached hydrogens (tertiary/aromatic N) is 2. The van der Waals surface area contributed by atoms with E-state index in [9.17, 15) is 14.4 Å². The molecule has 7 nitrogen and oxygen atoms in total. The molecular formula is C23H25N3O4S. The summed E-state index contributed by atoms with van der Waals surface area (Å²) < 4.78 is 4.98. The molecule has 0 radical (unpaired) electrons. The minimum Gasteiger partial charge on any atom is -0.462 e. The van der Waals surface area contributed by atoms with Crippen molar-refractivity contribution < 1.29 is 19.1 Å². The summed E-state index contributed by atoms with van der Waals surface area (Å²) in [6, 6.07) is 12.4. The van der Waals surface area contributed by atoms with E-state index in [1.165, 1.54) is 16.7 Å². The molecule has 1 aliphatic heterocycles. The minimum atomic E-state index is -0.582. The van der Waals surface area contributed by atoms with Crippen LogP contribution in [-0.2, 0) is 14.3 Å². The molecule has 31 heavy (non-hydrogen) atoms. The molecule has 162 valence electrons. The second-order valence-electron chi connectivity index (χ2n) is 7.23. The first kappa shape index (κ1) is 22.6. The Morgan fingerprint density at radius 1 is 1.19 bits per heavy atom. The third-order valence-electron chi connectivity index (χ3n) is 4.80. The first-order chi connectivity index (χ1) is 14.8. The third-order valence-corrected chi connectivity index (χ3v) is 6.05. The monoisotopic (exact) mass is 439 g/mol. The molecule has 1 saturated heterocycles. The summed E-state index contributed by atoms with van der Waals surface area (Å²) in [7, 11) is 1.64. The number of thioether (sulfide) groups is 1. The number of nitrogens with one attached hydrogen (secondary N) is 1. The molecule has 1 fully saturated rings. The van der Waals surface area contributed by atoms with E-state index in [4.69, 9.17) is 4.74 Å². The van der Waals surface area contributed by atoms with Crippen molar-refractivity contribution in [1.29, 1.82) is 0 Å². The number of hydrogen-bond acceptors (Lipinski definition) is 6. The minimum absolute atomic E-state index is 0.0960. The Hall–Kier alpha value is -3.13. The molecule has 1 heterocycles. The molecule has 2 aromatic carbocycles. The summed E-state index contributed by atoms with van der Waals surface area (Å²) in [4.78, 5) is 43.1. The summed E-state index contributed by atoms with van der Waals surface area (Å²) in [6.45, 7) is 5.98. The summed E-state index contributed by atoms with van der Waals surface area (Å²) in [5.74, 6) is -0.811. The van der Waals surface area contributed by atoms with Crippen molar-refractivity contribution in [2.24, 2.45) is 4.99 Å². The van der Waals surface area contributed by atoms with E-state index in [0.29, 0.717) is 23.0 Å². The maximum absolute atomic E-state index is 12.8. The smallest absolute Gasteiger partial charge is 0.338 e. The van der Waals surface area contributed by atoms with Crippen molar-refractivity contribution in [3.05, 3.63) is 59.2 Å². The number of carbonyl (C=O) groups is 3. The number of amides is 2. The molecule has 0 saturated carbocycles. The molecule has 2 amide bonds. The fourth-order valence-corrected chi connectivity index (χ4v) is 4.13. The van der Waals surface area contributed by atoms with E-state index < -0.39 is 11.2 Å². The first-order valence-electron chi connectivity index (χ1n) is 9.95. The highest BCUT2D eigenvalue weighted by Crippen LogP contribution is 2.29. The number of aliphatic imine (C=N–C) groups is 1. The molecule has 1 atom stereocenters. The summed E-state index contributed by atoms with van der Waals surface area (Å²) in [5.41, 5.74) is 3.81. The first-order valence-corrected chi connectivity index (χ1v) is 10.8. The van der Waals surface area contributed by atoms with Gasteiger partial charge in [-0.2, -0.15) is 0 Å². The summed E-state index contributed by atoms with van der Waals surface area (Å²) >= 11 is 1.24. The van der Waals surface area contributed by atoms with Crippen molar-refractivity contribution in [3.8, 4) is 0 Å². The highest BCUT2D eigenvalue weighted by molar-refractivity contribution is 8.15. The number of amidine groups is 1. The molecule has 2 aromatic rings. The van der Waals surface area contributed by atoms with Gasteiger partial charge in [-0.05, 0) is 56.7 Å². The Bertz CT molecular complexity index is 1030. The Kier molecular flexibility index (Phi) is 7.12. The molecule has 0 aromatic heterocycles. The summed E-state index contributed by atoms with van der Waals surface area (Å²) in [5, 5.41) is 2.77. The molecule has 8 heteroatoms. The second-order valence-corrected chi connectivity index (χ2v) is 8.40. The van der Waals surface area contributed by atoms with E-state index in [2.05, 4.69) is 10.3 Å². The zero-order valence-corrected chi connectivity index (χ0v) is 18.8. The van der Waals surface area contributed by atoms with Crippen LogP contribution in [0.25, 0.3) is 0 Å². The molecule has 0 aliphatic carbocycles. The zero-order chi connectivity index (χ0) is 22.5. The van der Waals surface area contributed by atoms with Gasteiger partial charge in [-0.25, -0.2) is 9.79 Å². The van der Waals surface area contributed by atoms with E-state index in [1.54, 1.807) is 38.2 Å². The van der Waals surface area contributed by atoms with Crippen molar-refractivity contribution in [1.82, 2.24) is 4.90 Å². The SMILES string of the molecule is CCOC(=O)c1ccc(N=C2S[C@@H](C(=O)Nc3ccc(C)cc3C)CC(=O)N2C)cc1. The third kappa shape index (κ3) is 5.52. The molecule has 1 N–H and O–H groups in total. The van der Waals surface area contributed by atoms with Gasteiger partial charge in [0.05, 0.1) is 17.9 Å². The lowest BCUT2D eigenvalue weighted by molar-refractivity contribution is -0.128. The summed E-state index contributed by atoms with van der Waals surface area (Å²) in [6.07, 6.45) is 0.0960. The number of ether oxygens (including phenoxy) is 1. The average Bonchev–Trinajstić information content (AvgIpc) is 2.74. The second kappa shape index (κ2) is 9.78. The lowest BCUT2D eigenvalue weighted by Gasteiger charge is -2.29. The highest BCUT2D eigenvalue weighted by Gasteiger charge is 2.34. The van der Waals surface area contributed by atoms with Crippen LogP contribution in [0.1, 0.15) is 34.8 Å². The lowest BCUT2D eigenvalue weighted by atomic mass is 10.1. The Morgan fingerprint density at radius 3 is 2.55 bits per heavy atom. The van der Waals surface area contributed by atoms with Crippen molar-refractivity contribution in [2.75, 3.05) is 19.0 Å². The van der Waals surface area contributed by atoms with Gasteiger partial charge in [0.15, 0.2) is 5.17 Å². The van der Waals surface area contributed by atoms with Crippen LogP contribution in [0.2, 0.25) is 0 Å². The Labute approximate surface area is 185 Å². The van der Waals surface area contributed by atoms with Crippen LogP contribution in [0.3, 0.4) is 0 Å². The van der Waals surface area contributed by atoms with E-state index in [1.807, 2.05) is 32.0 Å². The number of rotatable bonds is 5. The topological polar surface area (TPSA) is 88.1 Å². The van der Waals surface area contributed by atoms with Crippen molar-refractivity contribution in [2.45, 2.75) is 32.4 Å². The number of anilines is 1. The zero-order valence-electron chi connectivity index (χ0n) is 18.0. The van der Waals surface area contributed by atoms with Gasteiger partial charge in [0.1, 0.15) is 5.25 Å². The number of esters is 1. The van der Waals surface area contributed by atoms with Gasteiger partial charge >= 0.3 is 5.97 Å². The van der Waals surface area contributed by atoms with Gasteiger partial charge in [0.2, 0.25) is 11.8 Å². The number of carbonyl (C=O) groups excluding carboxylic acids is 3. The molecule has 1 aliphatic rings. The van der Waals surface area contributed by atoms with E-state index in [0.717, 1.165) is 16.8 Å². The van der Waals surface area contributed by atoms with Gasteiger partial charge < -0.3 is 10.1 Å². The average molecular weight is 440 g/mol. The molecular weight excluding hydrogens is 414 g/mol. The van der Waals surface area contributed by atoms with Crippen molar-refractivity contribution in [3.63, 3.8) is 0 Å². The molecule has 0 unspecified atom stereocenters. The van der Waals surface area contributed by atoms with Crippen molar-refractivity contribution >= 4 is 46.1 Å². The Balaban J connectivity index is 1.76. The van der Waals surface area contributed by atoms with Crippen LogP contribution in [0, 0.1) is 13.8 Å². The Morgan fingerprint density at radius 2 is 1.90 bits per heavy atom. The molecule has 0 bridgehead atoms. The maximum atomic E-state index is 12.8. The van der Waals surface area contributed by atoms with Gasteiger partial charge in [-0.3, -0.25) is 14.5 Å². The largest absolute Gasteiger partial charge is 0.462 e. The normalized spacial score (nSPS) is 17.5. The quantitative estimate of drug-likeness (QED) is 0.710. The standard InChI is InChI=1S/C23H25N3O4S/c1-5-30-22(29)16-7-9-17(10-8-16)24-23-26(4)20(27)13-19(31-23)21(28)25-18-11-6-14(2)12-15(18)3/h6-12,19H,5,13H2,1-4H3,(H,25,28)/t19-/m1/s1. The number of aryl methyl sites for hydroxylation is 2. The van der Waals surface area contributed by atoms with Crippen LogP contribution >= 0.6 is 11.8 Å². The van der Waals surface area contributed by atoms with Crippen LogP contribution in [0.15, 0.2) is 47.5 Å². The van der Waals surface area contributed by atoms with Crippen LogP contribution in [0.4, 0.5) is 11.4 Å². The van der Waals surface area contributed by atoms with Gasteiger partial charge in [0, 0.05) is 19.2 Å².